The van der Waals surface area contributed by atoms with Crippen LogP contribution in [0, 0.1) is 57.4 Å². The first-order valence-electron chi connectivity index (χ1n) is 5.18. The Morgan fingerprint density at radius 1 is 1.11 bits per heavy atom. The maximum Gasteiger partial charge on any atom is 3.00 e. The van der Waals surface area contributed by atoms with Gasteiger partial charge in [0, 0.05) is 13.0 Å². The van der Waals surface area contributed by atoms with Crippen LogP contribution >= 0.6 is 0 Å². The van der Waals surface area contributed by atoms with Gasteiger partial charge in [-0.15, -0.1) is 0 Å². The van der Waals surface area contributed by atoms with E-state index >= 15 is 0 Å². The summed E-state index contributed by atoms with van der Waals surface area (Å²) < 4.78 is 0. The van der Waals surface area contributed by atoms with Gasteiger partial charge in [0.1, 0.15) is 5.78 Å². The van der Waals surface area contributed by atoms with Crippen LogP contribution in [0.1, 0.15) is 61.3 Å². The molecule has 112 valence electrons. The normalized spacial score (nSPS) is 6.44. The number of carbonyl (C=O) groups is 1. The maximum atomic E-state index is 10.4. The van der Waals surface area contributed by atoms with Gasteiger partial charge in [0.15, 0.2) is 0 Å². The van der Waals surface area contributed by atoms with Crippen molar-refractivity contribution in [3.63, 3.8) is 0 Å². The van der Waals surface area contributed by atoms with Gasteiger partial charge < -0.3 is 27.1 Å². The number of hydrogen-bond acceptors (Lipinski definition) is 2. The zero-order valence-corrected chi connectivity index (χ0v) is 15.6. The monoisotopic (exact) mass is 387 g/mol. The van der Waals surface area contributed by atoms with E-state index in [9.17, 15) is 4.79 Å². The summed E-state index contributed by atoms with van der Waals surface area (Å²) in [5, 5.41) is 3.20. The molecular weight excluding hydrogens is 349 g/mol. The molecule has 0 aromatic heterocycles. The zero-order chi connectivity index (χ0) is 10.5. The van der Waals surface area contributed by atoms with Crippen molar-refractivity contribution in [2.75, 3.05) is 13.1 Å². The van der Waals surface area contributed by atoms with Gasteiger partial charge >= 0.3 is 35.6 Å². The third-order valence-corrected chi connectivity index (χ3v) is 1.36. The van der Waals surface area contributed by atoms with Crippen molar-refractivity contribution < 1.29 is 40.4 Å². The summed E-state index contributed by atoms with van der Waals surface area (Å²) in [5.41, 5.74) is 0. The molecule has 0 aromatic carbocycles. The van der Waals surface area contributed by atoms with Crippen molar-refractivity contribution in [1.29, 1.82) is 0 Å². The minimum absolute atomic E-state index is 0. The van der Waals surface area contributed by atoms with Gasteiger partial charge in [-0.25, -0.2) is 0 Å². The molecule has 0 amide bonds. The molecule has 0 heterocycles. The van der Waals surface area contributed by atoms with Gasteiger partial charge in [-0.2, -0.15) is 6.42 Å². The average molecular weight is 387 g/mol. The fraction of sp³-hybridized carbons (Fsp3) is 0.733. The van der Waals surface area contributed by atoms with Crippen molar-refractivity contribution >= 4 is 5.78 Å². The van der Waals surface area contributed by atoms with E-state index in [1.807, 2.05) is 6.92 Å². The summed E-state index contributed by atoms with van der Waals surface area (Å²) in [6, 6.07) is 0. The second kappa shape index (κ2) is 43.1. The Morgan fingerprint density at radius 2 is 1.50 bits per heavy atom. The molecule has 0 aliphatic rings. The Bertz CT molecular complexity index is 109. The molecule has 0 spiro atoms. The first kappa shape index (κ1) is 42.8. The van der Waals surface area contributed by atoms with Crippen LogP contribution in [0.4, 0.5) is 0 Å². The standard InChI is InChI=1S/C8H17NO.C3H7.2CH4.2CH3.La/c1-3-4-6-9-7-5-8(2)10;1-3-2;;;;;/h9H,3-7H2,1-2H3;1,3H2,2H3;2*1H4;2*1H3;/q;-1;;;2*-1;+3. The molecule has 0 unspecified atom stereocenters. The van der Waals surface area contributed by atoms with Crippen LogP contribution in [0.3, 0.4) is 0 Å². The molecule has 3 heteroatoms. The molecule has 0 fully saturated rings. The average Bonchev–Trinajstić information content (AvgIpc) is 2.05. The fourth-order valence-electron chi connectivity index (χ4n) is 0.691. The van der Waals surface area contributed by atoms with Crippen molar-refractivity contribution in [3.05, 3.63) is 21.8 Å². The van der Waals surface area contributed by atoms with E-state index in [0.29, 0.717) is 6.42 Å². The van der Waals surface area contributed by atoms with E-state index in [-0.39, 0.29) is 71.1 Å². The predicted molar refractivity (Wildman–Crippen MR) is 85.0 cm³/mol. The Morgan fingerprint density at radius 3 is 1.78 bits per heavy atom. The number of Topliss-reactive ketones (excluding diaryl/α,β-unsaturated/α-hetero) is 1. The van der Waals surface area contributed by atoms with Gasteiger partial charge in [-0.1, -0.05) is 35.1 Å². The molecule has 0 aromatic rings. The van der Waals surface area contributed by atoms with Crippen LogP contribution in [0.25, 0.3) is 0 Å². The molecule has 2 nitrogen and oxygen atoms in total. The number of nitrogens with one attached hydrogen (secondary N) is 1. The van der Waals surface area contributed by atoms with Crippen LogP contribution in [-0.4, -0.2) is 18.9 Å². The number of rotatable bonds is 6. The molecule has 0 saturated heterocycles. The van der Waals surface area contributed by atoms with Crippen molar-refractivity contribution in [2.45, 2.75) is 61.3 Å². The first-order chi connectivity index (χ1) is 6.18. The van der Waals surface area contributed by atoms with E-state index in [2.05, 4.69) is 19.2 Å². The van der Waals surface area contributed by atoms with Crippen LogP contribution in [0.15, 0.2) is 0 Å². The molecule has 0 atom stereocenters. The third kappa shape index (κ3) is 68.8. The number of ketones is 1. The number of hydrogen-bond donors (Lipinski definition) is 1. The zero-order valence-electron chi connectivity index (χ0n) is 11.9. The van der Waals surface area contributed by atoms with Crippen molar-refractivity contribution in [2.24, 2.45) is 0 Å². The van der Waals surface area contributed by atoms with Crippen LogP contribution in [0.5, 0.6) is 0 Å². The number of unbranched alkanes of at least 4 members (excludes halogenated alkanes) is 1. The molecule has 0 bridgehead atoms. The Hall–Kier alpha value is 0.825. The number of carbonyl (C=O) groups excluding carboxylic acids is 1. The van der Waals surface area contributed by atoms with Gasteiger partial charge in [0.2, 0.25) is 0 Å². The maximum absolute atomic E-state index is 10.4. The molecule has 0 aliphatic carbocycles. The van der Waals surface area contributed by atoms with Gasteiger partial charge in [0.25, 0.3) is 0 Å². The van der Waals surface area contributed by atoms with Gasteiger partial charge in [0.05, 0.1) is 0 Å². The van der Waals surface area contributed by atoms with Crippen LogP contribution in [0.2, 0.25) is 0 Å². The molecular formula is C15H38LaNO. The minimum atomic E-state index is 0. The van der Waals surface area contributed by atoms with E-state index < -0.39 is 0 Å². The quantitative estimate of drug-likeness (QED) is 0.526. The Labute approximate surface area is 147 Å². The predicted octanol–water partition coefficient (Wildman–Crippen LogP) is 4.76. The Kier molecular flexibility index (Phi) is 102. The van der Waals surface area contributed by atoms with Crippen LogP contribution < -0.4 is 5.32 Å². The van der Waals surface area contributed by atoms with Crippen molar-refractivity contribution in [3.8, 4) is 0 Å². The fourth-order valence-corrected chi connectivity index (χ4v) is 0.691. The molecule has 0 aliphatic heterocycles. The summed E-state index contributed by atoms with van der Waals surface area (Å²) in [4.78, 5) is 10.4. The summed E-state index contributed by atoms with van der Waals surface area (Å²) >= 11 is 0. The van der Waals surface area contributed by atoms with Gasteiger partial charge in [-0.05, 0) is 19.9 Å². The summed E-state index contributed by atoms with van der Waals surface area (Å²) in [6.45, 7) is 11.2. The smallest absolute Gasteiger partial charge is 0.358 e. The van der Waals surface area contributed by atoms with E-state index in [4.69, 9.17) is 0 Å². The van der Waals surface area contributed by atoms with Gasteiger partial charge in [-0.3, -0.25) is 4.79 Å². The molecule has 1 N–H and O–H groups in total. The van der Waals surface area contributed by atoms with Crippen molar-refractivity contribution in [1.82, 2.24) is 5.32 Å². The summed E-state index contributed by atoms with van der Waals surface area (Å²) in [5.74, 6) is 0.268. The second-order valence-electron chi connectivity index (χ2n) is 3.06. The molecule has 18 heavy (non-hydrogen) atoms. The molecule has 0 saturated carbocycles. The summed E-state index contributed by atoms with van der Waals surface area (Å²) in [7, 11) is 0. The Balaban J connectivity index is -0.0000000277. The SMILES string of the molecule is C.C.CCCCNCCC(C)=O.[CH2-]CC.[CH3-].[CH3-].[La+3]. The topological polar surface area (TPSA) is 29.1 Å². The van der Waals surface area contributed by atoms with E-state index in [1.165, 1.54) is 12.8 Å². The van der Waals surface area contributed by atoms with E-state index in [0.717, 1.165) is 19.5 Å². The first-order valence-corrected chi connectivity index (χ1v) is 5.18. The van der Waals surface area contributed by atoms with Crippen LogP contribution in [-0.2, 0) is 4.79 Å². The van der Waals surface area contributed by atoms with E-state index in [1.54, 1.807) is 6.92 Å². The second-order valence-corrected chi connectivity index (χ2v) is 3.06. The molecule has 0 radical (unpaired) electrons. The third-order valence-electron chi connectivity index (χ3n) is 1.36. The summed E-state index contributed by atoms with van der Waals surface area (Å²) in [6.07, 6.45) is 4.09. The largest absolute Gasteiger partial charge is 3.00 e. The molecule has 0 rings (SSSR count). The minimum Gasteiger partial charge on any atom is -0.358 e.